The summed E-state index contributed by atoms with van der Waals surface area (Å²) in [5, 5.41) is 0. The van der Waals surface area contributed by atoms with Gasteiger partial charge in [0.15, 0.2) is 0 Å². The van der Waals surface area contributed by atoms with E-state index in [0.717, 1.165) is 3.57 Å². The molecule has 0 unspecified atom stereocenters. The summed E-state index contributed by atoms with van der Waals surface area (Å²) in [6.07, 6.45) is 0. The third kappa shape index (κ3) is 3.32. The number of hydrogen-bond donors (Lipinski definition) is 1. The molecular weight excluding hydrogens is 400 g/mol. The average molecular weight is 408 g/mol. The van der Waals surface area contributed by atoms with E-state index < -0.39 is 0 Å². The first-order chi connectivity index (χ1) is 8.04. The standard InChI is InChI=1S/C12H8BrFINO/c13-7-3-8(14)5-10(4-7)17-12-2-1-9(15)6-11(12)16/h1-6H,16H2. The van der Waals surface area contributed by atoms with Crippen molar-refractivity contribution in [1.82, 2.24) is 0 Å². The van der Waals surface area contributed by atoms with Gasteiger partial charge in [0.1, 0.15) is 17.3 Å². The van der Waals surface area contributed by atoms with Gasteiger partial charge in [-0.2, -0.15) is 0 Å². The quantitative estimate of drug-likeness (QED) is 0.584. The normalized spacial score (nSPS) is 10.3. The number of rotatable bonds is 2. The predicted molar refractivity (Wildman–Crippen MR) is 77.7 cm³/mol. The van der Waals surface area contributed by atoms with Crippen molar-refractivity contribution >= 4 is 44.2 Å². The molecule has 0 aromatic heterocycles. The van der Waals surface area contributed by atoms with Crippen molar-refractivity contribution in [3.8, 4) is 11.5 Å². The Balaban J connectivity index is 2.31. The van der Waals surface area contributed by atoms with Gasteiger partial charge < -0.3 is 10.5 Å². The highest BCUT2D eigenvalue weighted by atomic mass is 127. The van der Waals surface area contributed by atoms with E-state index in [2.05, 4.69) is 38.5 Å². The second-order valence-corrected chi connectivity index (χ2v) is 5.55. The molecule has 17 heavy (non-hydrogen) atoms. The van der Waals surface area contributed by atoms with Gasteiger partial charge in [0.25, 0.3) is 0 Å². The van der Waals surface area contributed by atoms with E-state index in [-0.39, 0.29) is 5.82 Å². The number of nitrogens with two attached hydrogens (primary N) is 1. The molecular formula is C12H8BrFINO. The summed E-state index contributed by atoms with van der Waals surface area (Å²) in [5.41, 5.74) is 6.34. The van der Waals surface area contributed by atoms with Crippen LogP contribution in [0.4, 0.5) is 10.1 Å². The van der Waals surface area contributed by atoms with E-state index in [4.69, 9.17) is 10.5 Å². The number of ether oxygens (including phenoxy) is 1. The first-order valence-electron chi connectivity index (χ1n) is 4.73. The van der Waals surface area contributed by atoms with E-state index in [0.29, 0.717) is 21.7 Å². The average Bonchev–Trinajstić information content (AvgIpc) is 2.21. The van der Waals surface area contributed by atoms with Gasteiger partial charge in [-0.05, 0) is 52.9 Å². The largest absolute Gasteiger partial charge is 0.455 e. The van der Waals surface area contributed by atoms with E-state index in [9.17, 15) is 4.39 Å². The number of benzene rings is 2. The molecule has 0 saturated carbocycles. The van der Waals surface area contributed by atoms with Crippen LogP contribution in [0.15, 0.2) is 40.9 Å². The number of halogens is 3. The zero-order valence-corrected chi connectivity index (χ0v) is 12.3. The van der Waals surface area contributed by atoms with Crippen molar-refractivity contribution in [2.24, 2.45) is 0 Å². The minimum absolute atomic E-state index is 0.363. The lowest BCUT2D eigenvalue weighted by Gasteiger charge is -2.09. The Bertz CT molecular complexity index is 542. The van der Waals surface area contributed by atoms with Gasteiger partial charge in [-0.15, -0.1) is 0 Å². The van der Waals surface area contributed by atoms with Crippen molar-refractivity contribution in [1.29, 1.82) is 0 Å². The summed E-state index contributed by atoms with van der Waals surface area (Å²) in [6.45, 7) is 0. The molecule has 0 amide bonds. The number of hydrogen-bond acceptors (Lipinski definition) is 2. The van der Waals surface area contributed by atoms with Crippen molar-refractivity contribution in [2.75, 3.05) is 5.73 Å². The predicted octanol–water partition coefficient (Wildman–Crippen LogP) is 4.57. The maximum atomic E-state index is 13.2. The van der Waals surface area contributed by atoms with Crippen molar-refractivity contribution in [3.05, 3.63) is 50.3 Å². The summed E-state index contributed by atoms with van der Waals surface area (Å²) in [4.78, 5) is 0. The summed E-state index contributed by atoms with van der Waals surface area (Å²) >= 11 is 5.36. The van der Waals surface area contributed by atoms with Crippen LogP contribution in [0.2, 0.25) is 0 Å². The van der Waals surface area contributed by atoms with E-state index >= 15 is 0 Å². The Morgan fingerprint density at radius 1 is 1.18 bits per heavy atom. The minimum atomic E-state index is -0.363. The van der Waals surface area contributed by atoms with Crippen LogP contribution in [0.25, 0.3) is 0 Å². The molecule has 2 rings (SSSR count). The van der Waals surface area contributed by atoms with Gasteiger partial charge in [0.2, 0.25) is 0 Å². The third-order valence-electron chi connectivity index (χ3n) is 2.04. The third-order valence-corrected chi connectivity index (χ3v) is 3.16. The topological polar surface area (TPSA) is 35.2 Å². The van der Waals surface area contributed by atoms with Crippen LogP contribution in [0, 0.1) is 9.39 Å². The maximum Gasteiger partial charge on any atom is 0.150 e. The number of anilines is 1. The molecule has 2 nitrogen and oxygen atoms in total. The number of nitrogen functional groups attached to an aromatic ring is 1. The van der Waals surface area contributed by atoms with Crippen LogP contribution in [-0.4, -0.2) is 0 Å². The molecule has 0 radical (unpaired) electrons. The van der Waals surface area contributed by atoms with Crippen molar-refractivity contribution < 1.29 is 9.13 Å². The monoisotopic (exact) mass is 407 g/mol. The first kappa shape index (κ1) is 12.6. The molecule has 0 atom stereocenters. The highest BCUT2D eigenvalue weighted by Gasteiger charge is 2.05. The smallest absolute Gasteiger partial charge is 0.150 e. The molecule has 0 fully saturated rings. The molecule has 0 aliphatic rings. The Hall–Kier alpha value is -0.820. The molecule has 2 aromatic carbocycles. The Labute approximate surface area is 120 Å². The minimum Gasteiger partial charge on any atom is -0.455 e. The second kappa shape index (κ2) is 5.22. The van der Waals surface area contributed by atoms with Crippen LogP contribution in [-0.2, 0) is 0 Å². The lowest BCUT2D eigenvalue weighted by Crippen LogP contribution is -1.93. The molecule has 0 aliphatic heterocycles. The van der Waals surface area contributed by atoms with Gasteiger partial charge >= 0.3 is 0 Å². The Kier molecular flexibility index (Phi) is 3.88. The SMILES string of the molecule is Nc1cc(I)ccc1Oc1cc(F)cc(Br)c1. The molecule has 0 heterocycles. The zero-order valence-electron chi connectivity index (χ0n) is 8.58. The Morgan fingerprint density at radius 3 is 2.59 bits per heavy atom. The lowest BCUT2D eigenvalue weighted by molar-refractivity contribution is 0.478. The van der Waals surface area contributed by atoms with Crippen molar-refractivity contribution in [3.63, 3.8) is 0 Å². The molecule has 0 bridgehead atoms. The van der Waals surface area contributed by atoms with Crippen LogP contribution in [0.1, 0.15) is 0 Å². The summed E-state index contributed by atoms with van der Waals surface area (Å²) in [5.74, 6) is 0.561. The molecule has 0 spiro atoms. The van der Waals surface area contributed by atoms with Gasteiger partial charge in [-0.1, -0.05) is 15.9 Å². The van der Waals surface area contributed by atoms with Gasteiger partial charge in [0.05, 0.1) is 5.69 Å². The molecule has 0 saturated heterocycles. The Morgan fingerprint density at radius 2 is 1.94 bits per heavy atom. The maximum absolute atomic E-state index is 13.2. The van der Waals surface area contributed by atoms with E-state index in [1.54, 1.807) is 18.2 Å². The van der Waals surface area contributed by atoms with E-state index in [1.807, 2.05) is 6.07 Å². The van der Waals surface area contributed by atoms with Gasteiger partial charge in [0, 0.05) is 14.1 Å². The van der Waals surface area contributed by atoms with Crippen molar-refractivity contribution in [2.45, 2.75) is 0 Å². The molecule has 2 N–H and O–H groups in total. The second-order valence-electron chi connectivity index (χ2n) is 3.39. The summed E-state index contributed by atoms with van der Waals surface area (Å²) in [7, 11) is 0. The molecule has 0 aliphatic carbocycles. The molecule has 2 aromatic rings. The van der Waals surface area contributed by atoms with Crippen LogP contribution in [0.5, 0.6) is 11.5 Å². The fraction of sp³-hybridized carbons (Fsp3) is 0. The fourth-order valence-electron chi connectivity index (χ4n) is 1.33. The van der Waals surface area contributed by atoms with E-state index in [1.165, 1.54) is 12.1 Å². The van der Waals surface area contributed by atoms with Crippen LogP contribution >= 0.6 is 38.5 Å². The fourth-order valence-corrected chi connectivity index (χ4v) is 2.29. The van der Waals surface area contributed by atoms with Crippen LogP contribution in [0.3, 0.4) is 0 Å². The highest BCUT2D eigenvalue weighted by molar-refractivity contribution is 14.1. The summed E-state index contributed by atoms with van der Waals surface area (Å²) < 4.78 is 20.3. The summed E-state index contributed by atoms with van der Waals surface area (Å²) in [6, 6.07) is 9.79. The zero-order chi connectivity index (χ0) is 12.4. The first-order valence-corrected chi connectivity index (χ1v) is 6.61. The van der Waals surface area contributed by atoms with Gasteiger partial charge in [-0.3, -0.25) is 0 Å². The van der Waals surface area contributed by atoms with Crippen LogP contribution < -0.4 is 10.5 Å². The lowest BCUT2D eigenvalue weighted by atomic mass is 10.3. The molecule has 88 valence electrons. The van der Waals surface area contributed by atoms with Gasteiger partial charge in [-0.25, -0.2) is 4.39 Å². The highest BCUT2D eigenvalue weighted by Crippen LogP contribution is 2.30. The molecule has 5 heteroatoms.